The molecule has 0 spiro atoms. The average molecular weight is 399 g/mol. The minimum atomic E-state index is -0.338. The Balaban J connectivity index is 1.70. The number of carbonyl (C=O) groups excluding carboxylic acids is 2. The van der Waals surface area contributed by atoms with E-state index in [0.29, 0.717) is 28.0 Å². The number of hydrogen-bond donors (Lipinski definition) is 1. The molecular weight excluding hydrogens is 382 g/mol. The number of thiazole rings is 1. The molecule has 0 saturated heterocycles. The number of rotatable bonds is 7. The zero-order chi connectivity index (χ0) is 19.1. The van der Waals surface area contributed by atoms with Crippen molar-refractivity contribution in [2.45, 2.75) is 23.3 Å². The van der Waals surface area contributed by atoms with Crippen molar-refractivity contribution in [3.8, 4) is 0 Å². The molecule has 2 aromatic heterocycles. The molecule has 1 aromatic carbocycles. The summed E-state index contributed by atoms with van der Waals surface area (Å²) in [6.45, 7) is 2.08. The van der Waals surface area contributed by atoms with Gasteiger partial charge in [-0.15, -0.1) is 11.3 Å². The van der Waals surface area contributed by atoms with Crippen molar-refractivity contribution in [2.24, 2.45) is 0 Å². The minimum absolute atomic E-state index is 0.0855. The van der Waals surface area contributed by atoms with Crippen LogP contribution in [0.3, 0.4) is 0 Å². The summed E-state index contributed by atoms with van der Waals surface area (Å²) in [6.07, 6.45) is 1.74. The van der Waals surface area contributed by atoms with Crippen molar-refractivity contribution in [3.63, 3.8) is 0 Å². The Morgan fingerprint density at radius 3 is 2.78 bits per heavy atom. The van der Waals surface area contributed by atoms with Gasteiger partial charge in [0.15, 0.2) is 5.13 Å². The van der Waals surface area contributed by atoms with E-state index in [0.717, 1.165) is 4.90 Å². The number of esters is 1. The molecule has 1 N–H and O–H groups in total. The largest absolute Gasteiger partial charge is 0.466 e. The Labute approximate surface area is 165 Å². The number of aromatic nitrogens is 2. The van der Waals surface area contributed by atoms with Crippen molar-refractivity contribution in [1.29, 1.82) is 0 Å². The lowest BCUT2D eigenvalue weighted by Gasteiger charge is -2.07. The van der Waals surface area contributed by atoms with Gasteiger partial charge in [-0.3, -0.25) is 14.9 Å². The lowest BCUT2D eigenvalue weighted by atomic mass is 10.3. The second-order valence-electron chi connectivity index (χ2n) is 5.35. The maximum Gasteiger partial charge on any atom is 0.311 e. The maximum atomic E-state index is 12.7. The fourth-order valence-corrected chi connectivity index (χ4v) is 3.82. The van der Waals surface area contributed by atoms with E-state index in [1.165, 1.54) is 23.1 Å². The van der Waals surface area contributed by atoms with Crippen LogP contribution in [0.5, 0.6) is 0 Å². The topological polar surface area (TPSA) is 81.2 Å². The molecule has 0 aliphatic rings. The van der Waals surface area contributed by atoms with Crippen LogP contribution in [0.15, 0.2) is 64.0 Å². The molecular formula is C19H17N3O3S2. The number of ether oxygens (including phenoxy) is 1. The maximum absolute atomic E-state index is 12.7. The van der Waals surface area contributed by atoms with Gasteiger partial charge in [-0.1, -0.05) is 30.0 Å². The second kappa shape index (κ2) is 9.29. The Hall–Kier alpha value is -2.71. The van der Waals surface area contributed by atoms with Crippen LogP contribution in [-0.2, 0) is 16.0 Å². The highest BCUT2D eigenvalue weighted by molar-refractivity contribution is 7.99. The predicted octanol–water partition coefficient (Wildman–Crippen LogP) is 4.05. The molecule has 0 aliphatic carbocycles. The molecule has 0 saturated carbocycles. The molecule has 0 radical (unpaired) electrons. The first kappa shape index (κ1) is 19.1. The molecule has 0 atom stereocenters. The van der Waals surface area contributed by atoms with E-state index in [9.17, 15) is 9.59 Å². The number of hydrogen-bond acceptors (Lipinski definition) is 7. The van der Waals surface area contributed by atoms with Gasteiger partial charge in [0.2, 0.25) is 0 Å². The summed E-state index contributed by atoms with van der Waals surface area (Å²) < 4.78 is 4.91. The Kier molecular flexibility index (Phi) is 6.56. The molecule has 0 unspecified atom stereocenters. The SMILES string of the molecule is CCOC(=O)Cc1csc(NC(=O)c2cccnc2Sc2ccccc2)n1. The van der Waals surface area contributed by atoms with Crippen molar-refractivity contribution < 1.29 is 14.3 Å². The van der Waals surface area contributed by atoms with Crippen LogP contribution in [0.1, 0.15) is 23.0 Å². The number of nitrogens with one attached hydrogen (secondary N) is 1. The van der Waals surface area contributed by atoms with E-state index >= 15 is 0 Å². The molecule has 138 valence electrons. The van der Waals surface area contributed by atoms with E-state index in [2.05, 4.69) is 15.3 Å². The zero-order valence-corrected chi connectivity index (χ0v) is 16.2. The molecule has 0 aliphatic heterocycles. The first-order chi connectivity index (χ1) is 13.2. The quantitative estimate of drug-likeness (QED) is 0.604. The predicted molar refractivity (Wildman–Crippen MR) is 105 cm³/mol. The third kappa shape index (κ3) is 5.38. The second-order valence-corrected chi connectivity index (χ2v) is 7.27. The van der Waals surface area contributed by atoms with Gasteiger partial charge in [-0.25, -0.2) is 9.97 Å². The molecule has 27 heavy (non-hydrogen) atoms. The van der Waals surface area contributed by atoms with Crippen LogP contribution < -0.4 is 5.32 Å². The third-order valence-electron chi connectivity index (χ3n) is 3.38. The summed E-state index contributed by atoms with van der Waals surface area (Å²) in [5.74, 6) is -0.631. The Morgan fingerprint density at radius 2 is 2.00 bits per heavy atom. The van der Waals surface area contributed by atoms with Crippen molar-refractivity contribution in [2.75, 3.05) is 11.9 Å². The van der Waals surface area contributed by atoms with Crippen LogP contribution >= 0.6 is 23.1 Å². The molecule has 3 aromatic rings. The van der Waals surface area contributed by atoms with Gasteiger partial charge < -0.3 is 4.74 Å². The molecule has 0 bridgehead atoms. The molecule has 0 fully saturated rings. The fraction of sp³-hybridized carbons (Fsp3) is 0.158. The van der Waals surface area contributed by atoms with Gasteiger partial charge in [-0.05, 0) is 31.2 Å². The highest BCUT2D eigenvalue weighted by Crippen LogP contribution is 2.29. The Morgan fingerprint density at radius 1 is 1.19 bits per heavy atom. The number of benzene rings is 1. The minimum Gasteiger partial charge on any atom is -0.466 e. The van der Waals surface area contributed by atoms with Gasteiger partial charge in [0.05, 0.1) is 24.3 Å². The molecule has 1 amide bonds. The van der Waals surface area contributed by atoms with E-state index in [-0.39, 0.29) is 18.3 Å². The van der Waals surface area contributed by atoms with Crippen molar-refractivity contribution in [3.05, 3.63) is 65.3 Å². The van der Waals surface area contributed by atoms with E-state index in [4.69, 9.17) is 4.74 Å². The highest BCUT2D eigenvalue weighted by atomic mass is 32.2. The number of anilines is 1. The zero-order valence-electron chi connectivity index (χ0n) is 14.5. The summed E-state index contributed by atoms with van der Waals surface area (Å²) in [5.41, 5.74) is 1.03. The number of carbonyl (C=O) groups is 2. The number of amides is 1. The molecule has 8 heteroatoms. The standard InChI is InChI=1S/C19H17N3O3S2/c1-2-25-16(23)11-13-12-26-19(21-13)22-17(24)15-9-6-10-20-18(15)27-14-7-4-3-5-8-14/h3-10,12H,2,11H2,1H3,(H,21,22,24). The smallest absolute Gasteiger partial charge is 0.311 e. The normalized spacial score (nSPS) is 10.4. The van der Waals surface area contributed by atoms with Crippen LogP contribution in [-0.4, -0.2) is 28.5 Å². The van der Waals surface area contributed by atoms with E-state index in [1.807, 2.05) is 30.3 Å². The Bertz CT molecular complexity index is 929. The monoisotopic (exact) mass is 399 g/mol. The van der Waals surface area contributed by atoms with Crippen LogP contribution in [0, 0.1) is 0 Å². The highest BCUT2D eigenvalue weighted by Gasteiger charge is 2.16. The van der Waals surface area contributed by atoms with Gasteiger partial charge >= 0.3 is 5.97 Å². The summed E-state index contributed by atoms with van der Waals surface area (Å²) in [6, 6.07) is 13.2. The third-order valence-corrected chi connectivity index (χ3v) is 5.21. The summed E-state index contributed by atoms with van der Waals surface area (Å²) in [5, 5.41) is 5.55. The van der Waals surface area contributed by atoms with Gasteiger partial charge in [-0.2, -0.15) is 0 Å². The van der Waals surface area contributed by atoms with Crippen LogP contribution in [0.4, 0.5) is 5.13 Å². The molecule has 2 heterocycles. The lowest BCUT2D eigenvalue weighted by Crippen LogP contribution is -2.14. The lowest BCUT2D eigenvalue weighted by molar-refractivity contribution is -0.142. The van der Waals surface area contributed by atoms with Crippen LogP contribution in [0.2, 0.25) is 0 Å². The average Bonchev–Trinajstić information content (AvgIpc) is 3.10. The summed E-state index contributed by atoms with van der Waals surface area (Å²) >= 11 is 2.69. The summed E-state index contributed by atoms with van der Waals surface area (Å²) in [7, 11) is 0. The van der Waals surface area contributed by atoms with E-state index in [1.54, 1.807) is 30.6 Å². The number of nitrogens with zero attached hydrogens (tertiary/aromatic N) is 2. The fourth-order valence-electron chi connectivity index (χ4n) is 2.22. The summed E-state index contributed by atoms with van der Waals surface area (Å²) in [4.78, 5) is 33.8. The first-order valence-electron chi connectivity index (χ1n) is 8.25. The van der Waals surface area contributed by atoms with E-state index < -0.39 is 0 Å². The molecule has 3 rings (SSSR count). The van der Waals surface area contributed by atoms with Crippen molar-refractivity contribution in [1.82, 2.24) is 9.97 Å². The van der Waals surface area contributed by atoms with Gasteiger partial charge in [0.25, 0.3) is 5.91 Å². The number of pyridine rings is 1. The van der Waals surface area contributed by atoms with Crippen molar-refractivity contribution >= 4 is 40.1 Å². The van der Waals surface area contributed by atoms with Crippen LogP contribution in [0.25, 0.3) is 0 Å². The van der Waals surface area contributed by atoms with Gasteiger partial charge in [0.1, 0.15) is 5.03 Å². The first-order valence-corrected chi connectivity index (χ1v) is 9.94. The van der Waals surface area contributed by atoms with Gasteiger partial charge in [0, 0.05) is 16.5 Å². The molecule has 6 nitrogen and oxygen atoms in total.